The van der Waals surface area contributed by atoms with Crippen molar-refractivity contribution in [1.29, 1.82) is 0 Å². The Bertz CT molecular complexity index is 671. The Morgan fingerprint density at radius 2 is 1.90 bits per heavy atom. The molecule has 0 aromatic heterocycles. The molecule has 0 radical (unpaired) electrons. The molecule has 21 heavy (non-hydrogen) atoms. The van der Waals surface area contributed by atoms with Crippen LogP contribution in [0.4, 0.5) is 0 Å². The zero-order valence-corrected chi connectivity index (χ0v) is 14.3. The number of aromatic carboxylic acids is 1. The molecule has 0 saturated carbocycles. The second kappa shape index (κ2) is 6.95. The summed E-state index contributed by atoms with van der Waals surface area (Å²) in [5.74, 6) is -0.182. The predicted molar refractivity (Wildman–Crippen MR) is 86.1 cm³/mol. The number of methoxy groups -OCH3 is 1. The summed E-state index contributed by atoms with van der Waals surface area (Å²) in [5.41, 5.74) is 1.11. The fourth-order valence-electron chi connectivity index (χ4n) is 1.75. The van der Waals surface area contributed by atoms with E-state index in [-0.39, 0.29) is 5.56 Å². The Morgan fingerprint density at radius 1 is 1.19 bits per heavy atom. The molecule has 2 aromatic rings. The van der Waals surface area contributed by atoms with Crippen molar-refractivity contribution in [1.82, 2.24) is 0 Å². The highest BCUT2D eigenvalue weighted by atomic mass is 79.9. The van der Waals surface area contributed by atoms with Crippen molar-refractivity contribution in [3.63, 3.8) is 0 Å². The van der Waals surface area contributed by atoms with E-state index in [0.717, 1.165) is 10.0 Å². The third-order valence-corrected chi connectivity index (χ3v) is 4.17. The Morgan fingerprint density at radius 3 is 2.52 bits per heavy atom. The molecule has 1 N–H and O–H groups in total. The minimum atomic E-state index is -1.02. The van der Waals surface area contributed by atoms with Crippen LogP contribution in [0.5, 0.6) is 11.5 Å². The lowest BCUT2D eigenvalue weighted by Crippen LogP contribution is -2.02. The Labute approximate surface area is 139 Å². The molecule has 0 spiro atoms. The summed E-state index contributed by atoms with van der Waals surface area (Å²) < 4.78 is 12.5. The van der Waals surface area contributed by atoms with Crippen LogP contribution in [0.3, 0.4) is 0 Å². The van der Waals surface area contributed by atoms with Crippen LogP contribution in [0, 0.1) is 0 Å². The van der Waals surface area contributed by atoms with Gasteiger partial charge >= 0.3 is 5.97 Å². The first-order valence-corrected chi connectivity index (χ1v) is 7.58. The van der Waals surface area contributed by atoms with Gasteiger partial charge in [0.1, 0.15) is 6.61 Å². The number of benzene rings is 2. The molecule has 0 unspecified atom stereocenters. The van der Waals surface area contributed by atoms with Crippen molar-refractivity contribution in [2.75, 3.05) is 7.11 Å². The molecule has 0 bridgehead atoms. The largest absolute Gasteiger partial charge is 0.493 e. The van der Waals surface area contributed by atoms with Gasteiger partial charge in [0.25, 0.3) is 0 Å². The summed E-state index contributed by atoms with van der Waals surface area (Å²) in [6.07, 6.45) is 0. The highest BCUT2D eigenvalue weighted by Gasteiger charge is 2.15. The number of carboxylic acids is 1. The molecule has 2 rings (SSSR count). The van der Waals surface area contributed by atoms with Gasteiger partial charge in [0, 0.05) is 10.0 Å². The van der Waals surface area contributed by atoms with Gasteiger partial charge in [-0.3, -0.25) is 0 Å². The molecular formula is C15H12Br2O4. The average Bonchev–Trinajstić information content (AvgIpc) is 2.46. The minimum Gasteiger partial charge on any atom is -0.493 e. The molecule has 0 aliphatic heterocycles. The zero-order chi connectivity index (χ0) is 15.4. The Hall–Kier alpha value is -1.53. The first kappa shape index (κ1) is 15.9. The minimum absolute atomic E-state index is 0.131. The number of carbonyl (C=O) groups is 1. The van der Waals surface area contributed by atoms with E-state index < -0.39 is 5.97 Å². The van der Waals surface area contributed by atoms with Gasteiger partial charge in [0.15, 0.2) is 11.5 Å². The second-order valence-corrected chi connectivity index (χ2v) is 5.88. The first-order chi connectivity index (χ1) is 10.0. The molecular weight excluding hydrogens is 404 g/mol. The number of hydrogen-bond acceptors (Lipinski definition) is 3. The van der Waals surface area contributed by atoms with Gasteiger partial charge in [-0.1, -0.05) is 34.1 Å². The van der Waals surface area contributed by atoms with E-state index >= 15 is 0 Å². The number of halogens is 2. The standard InChI is InChI=1S/C15H12Br2O4/c1-20-13-7-10(15(18)19)6-12(17)14(13)21-8-9-4-2-3-5-11(9)16/h2-7H,8H2,1H3,(H,18,19). The number of hydrogen-bond donors (Lipinski definition) is 1. The lowest BCUT2D eigenvalue weighted by Gasteiger charge is -2.14. The quantitative estimate of drug-likeness (QED) is 0.781. The van der Waals surface area contributed by atoms with Crippen molar-refractivity contribution < 1.29 is 19.4 Å². The predicted octanol–water partition coefficient (Wildman–Crippen LogP) is 4.50. The molecule has 0 heterocycles. The normalized spacial score (nSPS) is 10.2. The van der Waals surface area contributed by atoms with E-state index in [4.69, 9.17) is 14.6 Å². The van der Waals surface area contributed by atoms with Crippen molar-refractivity contribution in [2.24, 2.45) is 0 Å². The average molecular weight is 416 g/mol. The second-order valence-electron chi connectivity index (χ2n) is 4.17. The van der Waals surface area contributed by atoms with Gasteiger partial charge < -0.3 is 14.6 Å². The molecule has 0 saturated heterocycles. The summed E-state index contributed by atoms with van der Waals surface area (Å²) in [7, 11) is 1.47. The van der Waals surface area contributed by atoms with Gasteiger partial charge in [0.05, 0.1) is 17.1 Å². The van der Waals surface area contributed by atoms with E-state index in [0.29, 0.717) is 22.6 Å². The Kier molecular flexibility index (Phi) is 5.25. The topological polar surface area (TPSA) is 55.8 Å². The van der Waals surface area contributed by atoms with Crippen LogP contribution in [-0.2, 0) is 6.61 Å². The van der Waals surface area contributed by atoms with Crippen LogP contribution in [0.1, 0.15) is 15.9 Å². The summed E-state index contributed by atoms with van der Waals surface area (Å²) >= 11 is 6.77. The highest BCUT2D eigenvalue weighted by Crippen LogP contribution is 2.37. The van der Waals surface area contributed by atoms with Crippen LogP contribution in [0.25, 0.3) is 0 Å². The smallest absolute Gasteiger partial charge is 0.335 e. The molecule has 110 valence electrons. The summed E-state index contributed by atoms with van der Waals surface area (Å²) in [4.78, 5) is 11.0. The van der Waals surface area contributed by atoms with Gasteiger partial charge in [-0.2, -0.15) is 0 Å². The first-order valence-electron chi connectivity index (χ1n) is 6.00. The lowest BCUT2D eigenvalue weighted by molar-refractivity contribution is 0.0696. The molecule has 4 nitrogen and oxygen atoms in total. The van der Waals surface area contributed by atoms with Crippen LogP contribution in [-0.4, -0.2) is 18.2 Å². The molecule has 0 atom stereocenters. The van der Waals surface area contributed by atoms with Crippen LogP contribution in [0.15, 0.2) is 45.3 Å². The monoisotopic (exact) mass is 414 g/mol. The van der Waals surface area contributed by atoms with E-state index in [1.54, 1.807) is 0 Å². The number of ether oxygens (including phenoxy) is 2. The summed E-state index contributed by atoms with van der Waals surface area (Å²) in [6.45, 7) is 0.336. The lowest BCUT2D eigenvalue weighted by atomic mass is 10.2. The molecule has 0 fully saturated rings. The van der Waals surface area contributed by atoms with Crippen LogP contribution < -0.4 is 9.47 Å². The van der Waals surface area contributed by atoms with E-state index in [2.05, 4.69) is 31.9 Å². The van der Waals surface area contributed by atoms with Crippen molar-refractivity contribution in [3.05, 3.63) is 56.5 Å². The SMILES string of the molecule is COc1cc(C(=O)O)cc(Br)c1OCc1ccccc1Br. The number of carboxylic acid groups (broad SMARTS) is 1. The Balaban J connectivity index is 2.28. The molecule has 0 amide bonds. The third-order valence-electron chi connectivity index (χ3n) is 2.81. The van der Waals surface area contributed by atoms with Gasteiger partial charge in [-0.15, -0.1) is 0 Å². The van der Waals surface area contributed by atoms with E-state index in [1.807, 2.05) is 24.3 Å². The number of rotatable bonds is 5. The third kappa shape index (κ3) is 3.77. The van der Waals surface area contributed by atoms with Gasteiger partial charge in [0.2, 0.25) is 0 Å². The molecule has 6 heteroatoms. The molecule has 0 aliphatic rings. The van der Waals surface area contributed by atoms with Crippen LogP contribution >= 0.6 is 31.9 Å². The molecule has 0 aliphatic carbocycles. The molecule has 2 aromatic carbocycles. The van der Waals surface area contributed by atoms with Crippen LogP contribution in [0.2, 0.25) is 0 Å². The van der Waals surface area contributed by atoms with Crippen molar-refractivity contribution >= 4 is 37.8 Å². The maximum absolute atomic E-state index is 11.0. The zero-order valence-electron chi connectivity index (χ0n) is 11.1. The van der Waals surface area contributed by atoms with Crippen molar-refractivity contribution in [3.8, 4) is 11.5 Å². The summed E-state index contributed by atoms with van der Waals surface area (Å²) in [6, 6.07) is 10.6. The maximum Gasteiger partial charge on any atom is 0.335 e. The maximum atomic E-state index is 11.0. The fourth-order valence-corrected chi connectivity index (χ4v) is 2.70. The van der Waals surface area contributed by atoms with Gasteiger partial charge in [-0.05, 0) is 34.1 Å². The summed E-state index contributed by atoms with van der Waals surface area (Å²) in [5, 5.41) is 9.04. The van der Waals surface area contributed by atoms with Crippen molar-refractivity contribution in [2.45, 2.75) is 6.61 Å². The van der Waals surface area contributed by atoms with E-state index in [9.17, 15) is 4.79 Å². The van der Waals surface area contributed by atoms with E-state index in [1.165, 1.54) is 19.2 Å². The van der Waals surface area contributed by atoms with Gasteiger partial charge in [-0.25, -0.2) is 4.79 Å². The highest BCUT2D eigenvalue weighted by molar-refractivity contribution is 9.10. The fraction of sp³-hybridized carbons (Fsp3) is 0.133.